The number of allylic oxidation sites excluding steroid dienone is 4. The number of carboxylic acids is 1. The zero-order valence-corrected chi connectivity index (χ0v) is 20.3. The van der Waals surface area contributed by atoms with E-state index in [1.165, 1.54) is 18.2 Å². The molecule has 9 heteroatoms. The van der Waals surface area contributed by atoms with E-state index >= 15 is 8.78 Å². The van der Waals surface area contributed by atoms with Gasteiger partial charge in [0.15, 0.2) is 5.78 Å². The van der Waals surface area contributed by atoms with Crippen LogP contribution >= 0.6 is 11.8 Å². The second kappa shape index (κ2) is 8.22. The number of aliphatic hydroxyl groups excluding tert-OH is 1. The van der Waals surface area contributed by atoms with Crippen LogP contribution in [0.1, 0.15) is 52.9 Å². The van der Waals surface area contributed by atoms with Crippen molar-refractivity contribution in [3.05, 3.63) is 23.8 Å². The molecule has 0 amide bonds. The lowest BCUT2D eigenvalue weighted by molar-refractivity contribution is -0.178. The van der Waals surface area contributed by atoms with Crippen LogP contribution in [0.3, 0.4) is 0 Å². The average molecular weight is 501 g/mol. The lowest BCUT2D eigenvalue weighted by Crippen LogP contribution is -2.65. The van der Waals surface area contributed by atoms with Crippen molar-refractivity contribution in [2.75, 3.05) is 6.01 Å². The molecule has 5 nitrogen and oxygen atoms in total. The molecular weight excluding hydrogens is 469 g/mol. The quantitative estimate of drug-likeness (QED) is 0.574. The highest BCUT2D eigenvalue weighted by Crippen LogP contribution is 2.74. The van der Waals surface area contributed by atoms with Crippen molar-refractivity contribution in [3.8, 4) is 0 Å². The van der Waals surface area contributed by atoms with Gasteiger partial charge in [-0.2, -0.15) is 0 Å². The fraction of sp³-hybridized carbons (Fsp3) is 0.720. The Hall–Kier alpha value is -1.61. The molecule has 4 rings (SSSR count). The lowest BCUT2D eigenvalue weighted by Gasteiger charge is -2.62. The SMILES string of the molecule is C[C@@H]1C[C@H]2[C@@H]3C[C@H](F)C4=CC(=O)C=C[C@]4(C)C3(F)CC[C@]2(C)[C@]1(C(=O)SCF)C(O)CC(=O)O. The summed E-state index contributed by atoms with van der Waals surface area (Å²) < 4.78 is 45.9. The first-order chi connectivity index (χ1) is 15.8. The summed E-state index contributed by atoms with van der Waals surface area (Å²) in [6.45, 7) is 5.08. The van der Waals surface area contributed by atoms with Gasteiger partial charge in [0, 0.05) is 11.3 Å². The van der Waals surface area contributed by atoms with Crippen LogP contribution in [0.5, 0.6) is 0 Å². The van der Waals surface area contributed by atoms with E-state index in [-0.39, 0.29) is 37.0 Å². The third kappa shape index (κ3) is 3.08. The van der Waals surface area contributed by atoms with Crippen molar-refractivity contribution in [2.24, 2.45) is 34.0 Å². The minimum Gasteiger partial charge on any atom is -0.481 e. The smallest absolute Gasteiger partial charge is 0.306 e. The van der Waals surface area contributed by atoms with Gasteiger partial charge in [0.05, 0.1) is 17.9 Å². The first-order valence-corrected chi connectivity index (χ1v) is 12.7. The lowest BCUT2D eigenvalue weighted by atomic mass is 9.43. The highest BCUT2D eigenvalue weighted by molar-refractivity contribution is 8.13. The van der Waals surface area contributed by atoms with Crippen LogP contribution in [-0.4, -0.2) is 51.0 Å². The Morgan fingerprint density at radius 3 is 2.53 bits per heavy atom. The van der Waals surface area contributed by atoms with Gasteiger partial charge in [-0.1, -0.05) is 31.7 Å². The first-order valence-electron chi connectivity index (χ1n) is 11.7. The van der Waals surface area contributed by atoms with Crippen LogP contribution in [-0.2, 0) is 14.4 Å². The molecule has 0 radical (unpaired) electrons. The minimum absolute atomic E-state index is 0.0500. The fourth-order valence-electron chi connectivity index (χ4n) is 8.25. The molecule has 188 valence electrons. The van der Waals surface area contributed by atoms with Gasteiger partial charge in [0.2, 0.25) is 5.12 Å². The number of halogens is 3. The summed E-state index contributed by atoms with van der Waals surface area (Å²) >= 11 is 0.403. The monoisotopic (exact) mass is 500 g/mol. The van der Waals surface area contributed by atoms with E-state index in [1.807, 2.05) is 0 Å². The van der Waals surface area contributed by atoms with Crippen LogP contribution in [0, 0.1) is 34.0 Å². The fourth-order valence-corrected chi connectivity index (χ4v) is 9.16. The van der Waals surface area contributed by atoms with Crippen LogP contribution in [0.15, 0.2) is 23.8 Å². The maximum absolute atomic E-state index is 17.1. The molecule has 0 aromatic heterocycles. The summed E-state index contributed by atoms with van der Waals surface area (Å²) in [5, 5.41) is 19.9. The second-order valence-corrected chi connectivity index (χ2v) is 11.8. The van der Waals surface area contributed by atoms with Gasteiger partial charge in [-0.15, -0.1) is 0 Å². The minimum atomic E-state index is -1.88. The van der Waals surface area contributed by atoms with Crippen LogP contribution in [0.4, 0.5) is 13.2 Å². The van der Waals surface area contributed by atoms with E-state index in [4.69, 9.17) is 0 Å². The zero-order valence-electron chi connectivity index (χ0n) is 19.5. The van der Waals surface area contributed by atoms with Crippen molar-refractivity contribution >= 4 is 28.6 Å². The topological polar surface area (TPSA) is 91.7 Å². The number of hydrogen-bond donors (Lipinski definition) is 2. The molecule has 0 heterocycles. The number of ketones is 1. The molecule has 9 atom stereocenters. The molecule has 4 aliphatic rings. The summed E-state index contributed by atoms with van der Waals surface area (Å²) in [5.74, 6) is -3.57. The zero-order chi connectivity index (χ0) is 25.3. The maximum Gasteiger partial charge on any atom is 0.306 e. The van der Waals surface area contributed by atoms with E-state index in [0.29, 0.717) is 11.8 Å². The number of aliphatic hydroxyl groups is 1. The third-order valence-electron chi connectivity index (χ3n) is 9.79. The van der Waals surface area contributed by atoms with Gasteiger partial charge >= 0.3 is 5.97 Å². The Morgan fingerprint density at radius 1 is 1.24 bits per heavy atom. The highest BCUT2D eigenvalue weighted by Gasteiger charge is 2.75. The van der Waals surface area contributed by atoms with Crippen molar-refractivity contribution in [1.82, 2.24) is 0 Å². The number of rotatable bonds is 5. The van der Waals surface area contributed by atoms with Gasteiger partial charge in [-0.3, -0.25) is 14.4 Å². The number of fused-ring (bicyclic) bond motifs is 5. The molecule has 0 aromatic rings. The normalized spacial score (nSPS) is 46.2. The summed E-state index contributed by atoms with van der Waals surface area (Å²) in [6.07, 6.45) is 0.310. The van der Waals surface area contributed by atoms with Crippen molar-refractivity contribution < 1.29 is 37.8 Å². The van der Waals surface area contributed by atoms with Gasteiger partial charge in [-0.05, 0) is 67.6 Å². The molecular formula is C25H31F3O5S. The van der Waals surface area contributed by atoms with Gasteiger partial charge in [0.1, 0.15) is 17.8 Å². The molecule has 0 aromatic carbocycles. The molecule has 0 bridgehead atoms. The summed E-state index contributed by atoms with van der Waals surface area (Å²) in [5.41, 5.74) is -5.72. The number of hydrogen-bond acceptors (Lipinski definition) is 5. The van der Waals surface area contributed by atoms with Crippen molar-refractivity contribution in [2.45, 2.75) is 70.8 Å². The van der Waals surface area contributed by atoms with Crippen molar-refractivity contribution in [3.63, 3.8) is 0 Å². The summed E-state index contributed by atoms with van der Waals surface area (Å²) in [7, 11) is 0. The summed E-state index contributed by atoms with van der Waals surface area (Å²) in [6, 6.07) is -1.03. The Balaban J connectivity index is 1.84. The predicted octanol–water partition coefficient (Wildman–Crippen LogP) is 4.59. The maximum atomic E-state index is 17.1. The Labute approximate surface area is 201 Å². The molecule has 4 aliphatic carbocycles. The van der Waals surface area contributed by atoms with Crippen LogP contribution < -0.4 is 0 Å². The van der Waals surface area contributed by atoms with Gasteiger partial charge < -0.3 is 10.2 Å². The van der Waals surface area contributed by atoms with E-state index in [9.17, 15) is 29.0 Å². The standard InChI is InChI=1S/C25H31F3O5S/c1-13-8-15-16-10-18(27)17-9-14(29)4-5-22(17,2)24(16,28)7-6-23(15,3)25(13,21(33)34-12-26)19(30)11-20(31)32/h4-5,9,13,15-16,18-19,30H,6-8,10-12H2,1-3H3,(H,31,32)/t13-,15+,16+,18+,19?,22+,23+,24?,25+/m1/s1. The molecule has 0 aliphatic heterocycles. The molecule has 0 spiro atoms. The van der Waals surface area contributed by atoms with Crippen molar-refractivity contribution in [1.29, 1.82) is 0 Å². The van der Waals surface area contributed by atoms with E-state index in [2.05, 4.69) is 0 Å². The Bertz CT molecular complexity index is 984. The number of carbonyl (C=O) groups excluding carboxylic acids is 2. The average Bonchev–Trinajstić information content (AvgIpc) is 2.98. The summed E-state index contributed by atoms with van der Waals surface area (Å²) in [4.78, 5) is 36.9. The van der Waals surface area contributed by atoms with E-state index in [0.717, 1.165) is 0 Å². The van der Waals surface area contributed by atoms with Gasteiger partial charge in [0.25, 0.3) is 0 Å². The number of alkyl halides is 3. The number of thioether (sulfide) groups is 1. The molecule has 2 unspecified atom stereocenters. The largest absolute Gasteiger partial charge is 0.481 e. The number of carbonyl (C=O) groups is 3. The predicted molar refractivity (Wildman–Crippen MR) is 121 cm³/mol. The molecule has 3 saturated carbocycles. The van der Waals surface area contributed by atoms with Crippen LogP contribution in [0.2, 0.25) is 0 Å². The molecule has 3 fully saturated rings. The molecule has 0 saturated heterocycles. The van der Waals surface area contributed by atoms with E-state index < -0.39 is 75.5 Å². The van der Waals surface area contributed by atoms with Gasteiger partial charge in [-0.25, -0.2) is 13.2 Å². The van der Waals surface area contributed by atoms with Crippen LogP contribution in [0.25, 0.3) is 0 Å². The third-order valence-corrected chi connectivity index (χ3v) is 10.5. The number of aliphatic carboxylic acids is 1. The second-order valence-electron chi connectivity index (χ2n) is 10.9. The Morgan fingerprint density at radius 2 is 1.91 bits per heavy atom. The highest BCUT2D eigenvalue weighted by atomic mass is 32.2. The number of carboxylic acid groups (broad SMARTS) is 1. The van der Waals surface area contributed by atoms with E-state index in [1.54, 1.807) is 20.8 Å². The Kier molecular flexibility index (Phi) is 6.16. The first kappa shape index (κ1) is 25.5. The molecule has 34 heavy (non-hydrogen) atoms. The molecule has 2 N–H and O–H groups in total.